The number of carboxylic acids is 1. The van der Waals surface area contributed by atoms with E-state index in [9.17, 15) is 19.5 Å². The number of nitrogens with zero attached hydrogens (tertiary/aromatic N) is 3. The van der Waals surface area contributed by atoms with Crippen molar-refractivity contribution in [3.05, 3.63) is 70.7 Å². The van der Waals surface area contributed by atoms with Crippen LogP contribution in [0, 0.1) is 0 Å². The van der Waals surface area contributed by atoms with Crippen LogP contribution in [-0.2, 0) is 21.0 Å². The number of carboxylic acid groups (broad SMARTS) is 1. The Balaban J connectivity index is 1.38. The summed E-state index contributed by atoms with van der Waals surface area (Å²) in [6.07, 6.45) is 2.31. The van der Waals surface area contributed by atoms with Crippen molar-refractivity contribution in [3.63, 3.8) is 0 Å². The molecule has 2 saturated heterocycles. The molecule has 3 atom stereocenters. The molecule has 0 saturated carbocycles. The highest BCUT2D eigenvalue weighted by Gasteiger charge is 2.55. The summed E-state index contributed by atoms with van der Waals surface area (Å²) in [7, 11) is 0. The first kappa shape index (κ1) is 19.4. The zero-order valence-corrected chi connectivity index (χ0v) is 16.7. The molecule has 2 amide bonds. The number of piperidine rings is 1. The molecular formula is C23H21N3O5. The Morgan fingerprint density at radius 3 is 2.58 bits per heavy atom. The zero-order valence-electron chi connectivity index (χ0n) is 16.7. The molecule has 31 heavy (non-hydrogen) atoms. The first-order valence-corrected chi connectivity index (χ1v) is 10.2. The van der Waals surface area contributed by atoms with Gasteiger partial charge < -0.3 is 10.0 Å². The van der Waals surface area contributed by atoms with Crippen LogP contribution in [0.25, 0.3) is 6.08 Å². The Morgan fingerprint density at radius 2 is 1.84 bits per heavy atom. The van der Waals surface area contributed by atoms with Crippen LogP contribution in [0.3, 0.4) is 0 Å². The Bertz CT molecular complexity index is 1140. The molecule has 3 aliphatic rings. The SMILES string of the molecule is O=C1N2C[C@@H](CC[C@H]2C(=O)C2(C(=O)O)C=c3ccccc3=N2)N1OCc1ccccc1. The monoisotopic (exact) mass is 419 g/mol. The number of hydroxylamine groups is 2. The summed E-state index contributed by atoms with van der Waals surface area (Å²) in [6, 6.07) is 15.0. The second-order valence-corrected chi connectivity index (χ2v) is 8.02. The molecule has 0 spiro atoms. The van der Waals surface area contributed by atoms with E-state index in [4.69, 9.17) is 4.84 Å². The first-order valence-electron chi connectivity index (χ1n) is 10.2. The molecule has 3 aliphatic heterocycles. The van der Waals surface area contributed by atoms with Gasteiger partial charge in [0.2, 0.25) is 5.54 Å². The number of Topliss-reactive ketones (excluding diaryl/α,β-unsaturated/α-hetero) is 1. The van der Waals surface area contributed by atoms with E-state index in [0.29, 0.717) is 30.0 Å². The molecule has 1 N–H and O–H groups in total. The average Bonchev–Trinajstić information content (AvgIpc) is 3.30. The lowest BCUT2D eigenvalue weighted by Crippen LogP contribution is -2.55. The van der Waals surface area contributed by atoms with Crippen LogP contribution < -0.4 is 10.6 Å². The third-order valence-electron chi connectivity index (χ3n) is 6.14. The van der Waals surface area contributed by atoms with E-state index in [1.807, 2.05) is 30.3 Å². The molecule has 2 aromatic carbocycles. The van der Waals surface area contributed by atoms with Gasteiger partial charge in [0.1, 0.15) is 6.61 Å². The molecule has 3 heterocycles. The van der Waals surface area contributed by atoms with Crippen LogP contribution in [0.2, 0.25) is 0 Å². The Kier molecular flexibility index (Phi) is 4.59. The molecule has 8 nitrogen and oxygen atoms in total. The second-order valence-electron chi connectivity index (χ2n) is 8.02. The Morgan fingerprint density at radius 1 is 1.10 bits per heavy atom. The topological polar surface area (TPSA) is 99.5 Å². The third kappa shape index (κ3) is 3.11. The number of carbonyl (C=O) groups excluding carboxylic acids is 2. The lowest BCUT2D eigenvalue weighted by Gasteiger charge is -2.32. The van der Waals surface area contributed by atoms with Gasteiger partial charge in [0, 0.05) is 6.54 Å². The van der Waals surface area contributed by atoms with Crippen molar-refractivity contribution in [2.24, 2.45) is 4.99 Å². The fraction of sp³-hybridized carbons (Fsp3) is 0.304. The number of rotatable bonds is 6. The van der Waals surface area contributed by atoms with Crippen LogP contribution in [0.5, 0.6) is 0 Å². The number of fused-ring (bicyclic) bond motifs is 3. The summed E-state index contributed by atoms with van der Waals surface area (Å²) in [6.45, 7) is 0.569. The van der Waals surface area contributed by atoms with E-state index in [1.165, 1.54) is 16.0 Å². The Hall–Kier alpha value is -3.52. The van der Waals surface area contributed by atoms with Gasteiger partial charge in [-0.3, -0.25) is 14.6 Å². The fourth-order valence-electron chi connectivity index (χ4n) is 4.54. The Labute approximate surface area is 178 Å². The molecule has 0 aliphatic carbocycles. The highest BCUT2D eigenvalue weighted by atomic mass is 16.7. The first-order chi connectivity index (χ1) is 15.0. The number of hydrogen-bond donors (Lipinski definition) is 1. The number of hydrogen-bond acceptors (Lipinski definition) is 5. The summed E-state index contributed by atoms with van der Waals surface area (Å²) in [5.74, 6) is -1.92. The smallest absolute Gasteiger partial charge is 0.344 e. The van der Waals surface area contributed by atoms with E-state index >= 15 is 0 Å². The minimum atomic E-state index is -2.01. The fourth-order valence-corrected chi connectivity index (χ4v) is 4.54. The predicted molar refractivity (Wildman–Crippen MR) is 109 cm³/mol. The number of ketones is 1. The van der Waals surface area contributed by atoms with E-state index in [1.54, 1.807) is 24.3 Å². The lowest BCUT2D eigenvalue weighted by molar-refractivity contribution is -0.146. The summed E-state index contributed by atoms with van der Waals surface area (Å²) >= 11 is 0. The van der Waals surface area contributed by atoms with Gasteiger partial charge in [-0.05, 0) is 35.8 Å². The van der Waals surface area contributed by atoms with Gasteiger partial charge >= 0.3 is 12.0 Å². The number of amides is 2. The summed E-state index contributed by atoms with van der Waals surface area (Å²) in [5, 5.41) is 12.4. The zero-order chi connectivity index (χ0) is 21.6. The number of benzene rings is 2. The van der Waals surface area contributed by atoms with Crippen molar-refractivity contribution in [1.82, 2.24) is 9.96 Å². The second kappa shape index (κ2) is 7.31. The van der Waals surface area contributed by atoms with Crippen LogP contribution in [-0.4, -0.2) is 57.0 Å². The molecule has 8 heteroatoms. The molecule has 158 valence electrons. The van der Waals surface area contributed by atoms with Crippen molar-refractivity contribution >= 4 is 23.9 Å². The van der Waals surface area contributed by atoms with Crippen molar-refractivity contribution in [3.8, 4) is 0 Å². The van der Waals surface area contributed by atoms with E-state index in [-0.39, 0.29) is 12.6 Å². The van der Waals surface area contributed by atoms with Gasteiger partial charge in [0.25, 0.3) is 0 Å². The van der Waals surface area contributed by atoms with E-state index in [0.717, 1.165) is 5.56 Å². The molecule has 1 unspecified atom stereocenters. The number of aliphatic carboxylic acids is 1. The maximum absolute atomic E-state index is 13.5. The number of para-hydroxylation sites is 1. The van der Waals surface area contributed by atoms with Crippen molar-refractivity contribution in [2.45, 2.75) is 37.1 Å². The van der Waals surface area contributed by atoms with Gasteiger partial charge in [-0.2, -0.15) is 5.06 Å². The van der Waals surface area contributed by atoms with Crippen LogP contribution in [0.15, 0.2) is 59.6 Å². The molecular weight excluding hydrogens is 398 g/mol. The van der Waals surface area contributed by atoms with Crippen molar-refractivity contribution in [2.75, 3.05) is 6.54 Å². The number of carbonyl (C=O) groups is 3. The summed E-state index contributed by atoms with van der Waals surface area (Å²) in [5.41, 5.74) is -1.08. The minimum absolute atomic E-state index is 0.164. The number of urea groups is 1. The standard InChI is InChI=1S/C23H21N3O5/c27-20(23(21(28)29)12-16-8-4-5-9-18(16)24-23)19-11-10-17-13-25(19)22(30)26(17)31-14-15-6-2-1-3-7-15/h1-9,12,17,19H,10-11,13-14H2,(H,28,29)/t17-,19+,23?/m1/s1. The lowest BCUT2D eigenvalue weighted by atomic mass is 9.85. The van der Waals surface area contributed by atoms with Gasteiger partial charge in [0.05, 0.1) is 17.4 Å². The van der Waals surface area contributed by atoms with Gasteiger partial charge in [0.15, 0.2) is 5.78 Å². The van der Waals surface area contributed by atoms with Gasteiger partial charge in [-0.1, -0.05) is 48.5 Å². The minimum Gasteiger partial charge on any atom is -0.479 e. The van der Waals surface area contributed by atoms with Crippen LogP contribution >= 0.6 is 0 Å². The van der Waals surface area contributed by atoms with Gasteiger partial charge in [-0.15, -0.1) is 0 Å². The predicted octanol–water partition coefficient (Wildman–Crippen LogP) is 0.893. The maximum atomic E-state index is 13.5. The largest absolute Gasteiger partial charge is 0.479 e. The molecule has 0 aromatic heterocycles. The van der Waals surface area contributed by atoms with Crippen LogP contribution in [0.4, 0.5) is 4.79 Å². The van der Waals surface area contributed by atoms with Gasteiger partial charge in [-0.25, -0.2) is 9.59 Å². The highest BCUT2D eigenvalue weighted by molar-refractivity contribution is 6.17. The van der Waals surface area contributed by atoms with Crippen molar-refractivity contribution in [1.29, 1.82) is 0 Å². The van der Waals surface area contributed by atoms with E-state index in [2.05, 4.69) is 4.99 Å². The van der Waals surface area contributed by atoms with Crippen LogP contribution in [0.1, 0.15) is 18.4 Å². The third-order valence-corrected chi connectivity index (χ3v) is 6.14. The maximum Gasteiger partial charge on any atom is 0.344 e. The van der Waals surface area contributed by atoms with E-state index < -0.39 is 29.4 Å². The average molecular weight is 419 g/mol. The summed E-state index contributed by atoms with van der Waals surface area (Å²) in [4.78, 5) is 50.2. The molecule has 5 rings (SSSR count). The molecule has 2 fully saturated rings. The highest BCUT2D eigenvalue weighted by Crippen LogP contribution is 2.34. The molecule has 2 aromatic rings. The van der Waals surface area contributed by atoms with Crippen molar-refractivity contribution < 1.29 is 24.3 Å². The molecule has 2 bridgehead atoms. The normalized spacial score (nSPS) is 26.3. The molecule has 0 radical (unpaired) electrons. The summed E-state index contributed by atoms with van der Waals surface area (Å²) < 4.78 is 0. The quantitative estimate of drug-likeness (QED) is 0.702.